The summed E-state index contributed by atoms with van der Waals surface area (Å²) in [6, 6.07) is 7.09. The van der Waals surface area contributed by atoms with E-state index < -0.39 is 19.8 Å². The van der Waals surface area contributed by atoms with Crippen LogP contribution in [0.25, 0.3) is 0 Å². The average Bonchev–Trinajstić information content (AvgIpc) is 3.02. The van der Waals surface area contributed by atoms with Gasteiger partial charge in [0.15, 0.2) is 27.9 Å². The van der Waals surface area contributed by atoms with E-state index in [0.29, 0.717) is 24.5 Å². The third kappa shape index (κ3) is 3.83. The lowest BCUT2D eigenvalue weighted by atomic mass is 10.3. The lowest BCUT2D eigenvalue weighted by Crippen LogP contribution is -2.40. The van der Waals surface area contributed by atoms with Gasteiger partial charge >= 0.3 is 0 Å². The summed E-state index contributed by atoms with van der Waals surface area (Å²) in [6.45, 7) is 5.61. The fourth-order valence-electron chi connectivity index (χ4n) is 2.68. The first-order valence-corrected chi connectivity index (χ1v) is 9.48. The Morgan fingerprint density at radius 3 is 2.46 bits per heavy atom. The van der Waals surface area contributed by atoms with Gasteiger partial charge in [0.05, 0.1) is 17.1 Å². The Hall–Kier alpha value is -1.76. The van der Waals surface area contributed by atoms with Crippen molar-refractivity contribution < 1.29 is 22.7 Å². The summed E-state index contributed by atoms with van der Waals surface area (Å²) in [6.07, 6.45) is 0.472. The van der Waals surface area contributed by atoms with E-state index in [-0.39, 0.29) is 19.1 Å². The van der Waals surface area contributed by atoms with Crippen molar-refractivity contribution in [3.63, 3.8) is 0 Å². The van der Waals surface area contributed by atoms with Crippen LogP contribution in [0, 0.1) is 0 Å². The van der Waals surface area contributed by atoms with Crippen LogP contribution < -0.4 is 9.47 Å². The second kappa shape index (κ2) is 7.01. The number of carbonyl (C=O) groups excluding carboxylic acids is 1. The minimum atomic E-state index is -3.28. The summed E-state index contributed by atoms with van der Waals surface area (Å²) in [5, 5.41) is -0.507. The van der Waals surface area contributed by atoms with Gasteiger partial charge in [0.1, 0.15) is 0 Å². The van der Waals surface area contributed by atoms with E-state index in [4.69, 9.17) is 9.47 Å². The van der Waals surface area contributed by atoms with Crippen molar-refractivity contribution in [2.24, 2.45) is 0 Å². The molecule has 0 unspecified atom stereocenters. The Bertz CT molecular complexity index is 693. The number of para-hydroxylation sites is 2. The fourth-order valence-corrected chi connectivity index (χ4v) is 4.47. The minimum Gasteiger partial charge on any atom is -0.493 e. The van der Waals surface area contributed by atoms with Crippen LogP contribution >= 0.6 is 0 Å². The van der Waals surface area contributed by atoms with Gasteiger partial charge in [-0.15, -0.1) is 0 Å². The van der Waals surface area contributed by atoms with E-state index in [0.717, 1.165) is 0 Å². The van der Waals surface area contributed by atoms with Gasteiger partial charge in [0, 0.05) is 13.1 Å². The number of sulfone groups is 1. The molecule has 0 spiro atoms. The number of hydrogen-bond donors (Lipinski definition) is 0. The fraction of sp³-hybridized carbons (Fsp3) is 0.588. The van der Waals surface area contributed by atoms with Gasteiger partial charge in [-0.2, -0.15) is 0 Å². The Morgan fingerprint density at radius 2 is 1.88 bits per heavy atom. The number of carbonyl (C=O) groups is 1. The molecule has 1 saturated heterocycles. The first-order chi connectivity index (χ1) is 11.2. The van der Waals surface area contributed by atoms with Crippen LogP contribution in [0.5, 0.6) is 11.5 Å². The van der Waals surface area contributed by atoms with Crippen molar-refractivity contribution in [1.29, 1.82) is 0 Å². The van der Waals surface area contributed by atoms with Crippen molar-refractivity contribution in [3.8, 4) is 11.5 Å². The predicted octanol–water partition coefficient (Wildman–Crippen LogP) is 1.89. The molecule has 0 saturated carbocycles. The highest BCUT2D eigenvalue weighted by atomic mass is 32.2. The molecule has 1 aliphatic rings. The highest BCUT2D eigenvalue weighted by Crippen LogP contribution is 2.28. The van der Waals surface area contributed by atoms with Crippen LogP contribution in [0.4, 0.5) is 0 Å². The van der Waals surface area contributed by atoms with Crippen molar-refractivity contribution >= 4 is 15.7 Å². The molecular weight excluding hydrogens is 330 g/mol. The normalized spacial score (nSPS) is 18.5. The van der Waals surface area contributed by atoms with Gasteiger partial charge in [-0.3, -0.25) is 4.79 Å². The predicted molar refractivity (Wildman–Crippen MR) is 92.1 cm³/mol. The standard InChI is InChI=1S/C17H25NO5S/c1-17(2,3)24(20,21)13-9-10-18(11-13)16(19)12-23-15-8-6-5-7-14(15)22-4/h5-8,13H,9-12H2,1-4H3/t13-/m0/s1. The molecule has 6 nitrogen and oxygen atoms in total. The topological polar surface area (TPSA) is 72.9 Å². The van der Waals surface area contributed by atoms with Crippen molar-refractivity contribution in [3.05, 3.63) is 24.3 Å². The van der Waals surface area contributed by atoms with Crippen molar-refractivity contribution in [2.75, 3.05) is 26.8 Å². The molecule has 1 heterocycles. The van der Waals surface area contributed by atoms with Gasteiger partial charge < -0.3 is 14.4 Å². The van der Waals surface area contributed by atoms with Gasteiger partial charge in [-0.25, -0.2) is 8.42 Å². The molecule has 1 aliphatic heterocycles. The number of ether oxygens (including phenoxy) is 2. The van der Waals surface area contributed by atoms with Crippen LogP contribution in [0.1, 0.15) is 27.2 Å². The molecule has 134 valence electrons. The van der Waals surface area contributed by atoms with E-state index >= 15 is 0 Å². The Morgan fingerprint density at radius 1 is 1.25 bits per heavy atom. The van der Waals surface area contributed by atoms with Crippen LogP contribution in [-0.2, 0) is 14.6 Å². The first kappa shape index (κ1) is 18.6. The summed E-state index contributed by atoms with van der Waals surface area (Å²) in [4.78, 5) is 13.9. The Kier molecular flexibility index (Phi) is 5.42. The molecule has 2 rings (SSSR count). The maximum atomic E-state index is 12.5. The van der Waals surface area contributed by atoms with Crippen molar-refractivity contribution in [2.45, 2.75) is 37.2 Å². The third-order valence-corrected chi connectivity index (χ3v) is 7.18. The highest BCUT2D eigenvalue weighted by Gasteiger charge is 2.41. The molecule has 1 fully saturated rings. The SMILES string of the molecule is COc1ccccc1OCC(=O)N1CC[C@H](S(=O)(=O)C(C)(C)C)C1. The summed E-state index contributed by atoms with van der Waals surface area (Å²) in [5.74, 6) is 0.832. The zero-order valence-corrected chi connectivity index (χ0v) is 15.4. The summed E-state index contributed by atoms with van der Waals surface area (Å²) in [5.41, 5.74) is 0. The second-order valence-electron chi connectivity index (χ2n) is 6.85. The molecule has 1 atom stereocenters. The van der Waals surface area contributed by atoms with Crippen LogP contribution in [0.2, 0.25) is 0 Å². The molecule has 0 aliphatic carbocycles. The smallest absolute Gasteiger partial charge is 0.260 e. The zero-order valence-electron chi connectivity index (χ0n) is 14.6. The number of amides is 1. The lowest BCUT2D eigenvalue weighted by molar-refractivity contribution is -0.132. The summed E-state index contributed by atoms with van der Waals surface area (Å²) < 4.78 is 34.9. The molecule has 1 amide bonds. The molecular formula is C17H25NO5S. The van der Waals surface area contributed by atoms with Gasteiger partial charge in [0.2, 0.25) is 0 Å². The summed E-state index contributed by atoms with van der Waals surface area (Å²) in [7, 11) is -1.74. The molecule has 1 aromatic rings. The number of methoxy groups -OCH3 is 1. The van der Waals surface area contributed by atoms with Crippen LogP contribution in [0.15, 0.2) is 24.3 Å². The van der Waals surface area contributed by atoms with Crippen LogP contribution in [-0.4, -0.2) is 56.0 Å². The van der Waals surface area contributed by atoms with Gasteiger partial charge in [0.25, 0.3) is 5.91 Å². The highest BCUT2D eigenvalue weighted by molar-refractivity contribution is 7.93. The molecule has 0 radical (unpaired) electrons. The lowest BCUT2D eigenvalue weighted by Gasteiger charge is -2.24. The average molecular weight is 355 g/mol. The Balaban J connectivity index is 1.96. The molecule has 24 heavy (non-hydrogen) atoms. The van der Waals surface area contributed by atoms with Gasteiger partial charge in [-0.05, 0) is 39.3 Å². The van der Waals surface area contributed by atoms with E-state index in [2.05, 4.69) is 0 Å². The molecule has 0 N–H and O–H groups in total. The van der Waals surface area contributed by atoms with E-state index in [1.807, 2.05) is 6.07 Å². The molecule has 1 aromatic carbocycles. The Labute approximate surface area is 143 Å². The van der Waals surface area contributed by atoms with E-state index in [9.17, 15) is 13.2 Å². The van der Waals surface area contributed by atoms with Gasteiger partial charge in [-0.1, -0.05) is 12.1 Å². The number of hydrogen-bond acceptors (Lipinski definition) is 5. The number of rotatable bonds is 5. The van der Waals surface area contributed by atoms with Crippen molar-refractivity contribution in [1.82, 2.24) is 4.90 Å². The van der Waals surface area contributed by atoms with E-state index in [1.165, 1.54) is 7.11 Å². The molecule has 0 aromatic heterocycles. The largest absolute Gasteiger partial charge is 0.493 e. The molecule has 0 bridgehead atoms. The quantitative estimate of drug-likeness (QED) is 0.806. The number of likely N-dealkylation sites (tertiary alicyclic amines) is 1. The van der Waals surface area contributed by atoms with Crippen LogP contribution in [0.3, 0.4) is 0 Å². The molecule has 7 heteroatoms. The second-order valence-corrected chi connectivity index (χ2v) is 9.83. The maximum Gasteiger partial charge on any atom is 0.260 e. The first-order valence-electron chi connectivity index (χ1n) is 7.94. The van der Waals surface area contributed by atoms with E-state index in [1.54, 1.807) is 43.9 Å². The maximum absolute atomic E-state index is 12.5. The monoisotopic (exact) mass is 355 g/mol. The minimum absolute atomic E-state index is 0.136. The third-order valence-electron chi connectivity index (χ3n) is 4.21. The number of nitrogens with zero attached hydrogens (tertiary/aromatic N) is 1. The zero-order chi connectivity index (χ0) is 18.0. The number of benzene rings is 1. The summed E-state index contributed by atoms with van der Waals surface area (Å²) >= 11 is 0.